The first-order valence-corrected chi connectivity index (χ1v) is 9.79. The molecule has 7 nitrogen and oxygen atoms in total. The quantitative estimate of drug-likeness (QED) is 0.609. The first-order chi connectivity index (χ1) is 14.1. The number of hydrogen-bond donors (Lipinski definition) is 2. The Balaban J connectivity index is 1.29. The van der Waals surface area contributed by atoms with Gasteiger partial charge < -0.3 is 15.4 Å². The molecule has 0 spiro atoms. The fourth-order valence-electron chi connectivity index (χ4n) is 3.24. The van der Waals surface area contributed by atoms with Crippen LogP contribution in [0.1, 0.15) is 11.1 Å². The number of benzene rings is 1. The molecule has 8 heteroatoms. The predicted molar refractivity (Wildman–Crippen MR) is 112 cm³/mol. The van der Waals surface area contributed by atoms with E-state index in [1.165, 1.54) is 0 Å². The molecule has 2 N–H and O–H groups in total. The molecule has 0 aliphatic carbocycles. The smallest absolute Gasteiger partial charge is 0.237 e. The largest absolute Gasteiger partial charge is 0.470 e. The maximum atomic E-state index is 8.91. The van der Waals surface area contributed by atoms with Crippen molar-refractivity contribution in [1.29, 1.82) is 5.26 Å². The van der Waals surface area contributed by atoms with Gasteiger partial charge in [0.05, 0.1) is 30.1 Å². The van der Waals surface area contributed by atoms with Crippen LogP contribution in [0, 0.1) is 11.3 Å². The number of aromatic nitrogens is 3. The Labute approximate surface area is 174 Å². The fraction of sp³-hybridized carbons (Fsp3) is 0.286. The Morgan fingerprint density at radius 3 is 3.00 bits per heavy atom. The number of aryl methyl sites for hydroxylation is 1. The monoisotopic (exact) mass is 408 g/mol. The second kappa shape index (κ2) is 8.52. The second-order valence-electron chi connectivity index (χ2n) is 6.97. The Kier molecular flexibility index (Phi) is 5.65. The number of nitrogens with zero attached hydrogens (tertiary/aromatic N) is 4. The number of pyridine rings is 1. The van der Waals surface area contributed by atoms with Crippen molar-refractivity contribution in [3.63, 3.8) is 0 Å². The highest BCUT2D eigenvalue weighted by Gasteiger charge is 2.21. The van der Waals surface area contributed by atoms with E-state index in [0.717, 1.165) is 35.3 Å². The van der Waals surface area contributed by atoms with Crippen LogP contribution in [0.3, 0.4) is 0 Å². The highest BCUT2D eigenvalue weighted by atomic mass is 35.5. The van der Waals surface area contributed by atoms with Crippen LogP contribution in [0.4, 0.5) is 5.69 Å². The SMILES string of the molecule is Cn1cc(-c2cnc3c(c2)NCC(CNCCc2ccc(C#N)cc2Cl)O3)cn1. The van der Waals surface area contributed by atoms with Crippen LogP contribution in [0.25, 0.3) is 11.1 Å². The van der Waals surface area contributed by atoms with Gasteiger partial charge in [-0.05, 0) is 36.7 Å². The summed E-state index contributed by atoms with van der Waals surface area (Å²) in [7, 11) is 1.89. The van der Waals surface area contributed by atoms with Gasteiger partial charge in [0.2, 0.25) is 5.88 Å². The van der Waals surface area contributed by atoms with Crippen molar-refractivity contribution in [1.82, 2.24) is 20.1 Å². The molecule has 0 amide bonds. The minimum Gasteiger partial charge on any atom is -0.470 e. The van der Waals surface area contributed by atoms with E-state index in [2.05, 4.69) is 26.8 Å². The summed E-state index contributed by atoms with van der Waals surface area (Å²) >= 11 is 6.22. The lowest BCUT2D eigenvalue weighted by Gasteiger charge is -2.27. The Morgan fingerprint density at radius 1 is 1.34 bits per heavy atom. The van der Waals surface area contributed by atoms with Crippen LogP contribution in [0.2, 0.25) is 5.02 Å². The molecule has 148 valence electrons. The van der Waals surface area contributed by atoms with Gasteiger partial charge in [0.15, 0.2) is 0 Å². The van der Waals surface area contributed by atoms with Gasteiger partial charge in [-0.25, -0.2) is 4.98 Å². The lowest BCUT2D eigenvalue weighted by atomic mass is 10.1. The summed E-state index contributed by atoms with van der Waals surface area (Å²) in [6.45, 7) is 2.17. The molecule has 1 unspecified atom stereocenters. The van der Waals surface area contributed by atoms with Crippen LogP contribution in [0.5, 0.6) is 5.88 Å². The summed E-state index contributed by atoms with van der Waals surface area (Å²) in [5.74, 6) is 0.617. The number of nitrogens with one attached hydrogen (secondary N) is 2. The summed E-state index contributed by atoms with van der Waals surface area (Å²) in [5.41, 5.74) is 4.52. The number of rotatable bonds is 6. The average Bonchev–Trinajstić information content (AvgIpc) is 3.18. The number of hydrogen-bond acceptors (Lipinski definition) is 6. The number of anilines is 1. The standard InChI is InChI=1S/C21H21ClN6O/c1-28-13-17(10-27-28)16-7-20-21(26-9-16)29-18(12-25-20)11-24-5-4-15-3-2-14(8-23)6-19(15)22/h2-3,6-7,9-10,13,18,24-25H,4-5,11-12H2,1H3. The first-order valence-electron chi connectivity index (χ1n) is 9.41. The van der Waals surface area contributed by atoms with Gasteiger partial charge in [0.1, 0.15) is 6.10 Å². The van der Waals surface area contributed by atoms with Crippen molar-refractivity contribution >= 4 is 17.3 Å². The fourth-order valence-corrected chi connectivity index (χ4v) is 3.52. The molecule has 0 radical (unpaired) electrons. The van der Waals surface area contributed by atoms with Crippen molar-refractivity contribution < 1.29 is 4.74 Å². The van der Waals surface area contributed by atoms with Gasteiger partial charge in [-0.1, -0.05) is 17.7 Å². The molecule has 1 aliphatic rings. The number of ether oxygens (including phenoxy) is 1. The van der Waals surface area contributed by atoms with E-state index < -0.39 is 0 Å². The molecule has 0 bridgehead atoms. The molecule has 1 atom stereocenters. The van der Waals surface area contributed by atoms with Gasteiger partial charge in [-0.3, -0.25) is 4.68 Å². The molecular formula is C21H21ClN6O. The molecule has 1 aliphatic heterocycles. The van der Waals surface area contributed by atoms with E-state index >= 15 is 0 Å². The third-order valence-corrected chi connectivity index (χ3v) is 5.16. The molecular weight excluding hydrogens is 388 g/mol. The Morgan fingerprint density at radius 2 is 2.24 bits per heavy atom. The van der Waals surface area contributed by atoms with Gasteiger partial charge in [0.25, 0.3) is 0 Å². The Bertz CT molecular complexity index is 1060. The zero-order chi connectivity index (χ0) is 20.2. The van der Waals surface area contributed by atoms with Gasteiger partial charge in [-0.15, -0.1) is 0 Å². The van der Waals surface area contributed by atoms with Crippen LogP contribution < -0.4 is 15.4 Å². The van der Waals surface area contributed by atoms with Crippen molar-refractivity contribution in [2.45, 2.75) is 12.5 Å². The molecule has 0 saturated heterocycles. The van der Waals surface area contributed by atoms with E-state index in [4.69, 9.17) is 21.6 Å². The van der Waals surface area contributed by atoms with Gasteiger partial charge in [0, 0.05) is 42.1 Å². The third kappa shape index (κ3) is 4.50. The summed E-state index contributed by atoms with van der Waals surface area (Å²) < 4.78 is 7.78. The van der Waals surface area contributed by atoms with Crippen LogP contribution in [-0.4, -0.2) is 40.5 Å². The predicted octanol–water partition coefficient (Wildman–Crippen LogP) is 3.01. The van der Waals surface area contributed by atoms with Gasteiger partial charge >= 0.3 is 0 Å². The summed E-state index contributed by atoms with van der Waals surface area (Å²) in [6, 6.07) is 9.53. The second-order valence-corrected chi connectivity index (χ2v) is 7.38. The molecule has 2 aromatic heterocycles. The van der Waals surface area contributed by atoms with E-state index in [0.29, 0.717) is 29.6 Å². The van der Waals surface area contributed by atoms with E-state index in [9.17, 15) is 0 Å². The van der Waals surface area contributed by atoms with Crippen LogP contribution >= 0.6 is 11.6 Å². The number of fused-ring (bicyclic) bond motifs is 1. The van der Waals surface area contributed by atoms with Gasteiger partial charge in [-0.2, -0.15) is 10.4 Å². The maximum absolute atomic E-state index is 8.91. The highest BCUT2D eigenvalue weighted by molar-refractivity contribution is 6.31. The molecule has 4 rings (SSSR count). The van der Waals surface area contributed by atoms with Crippen molar-refractivity contribution in [3.8, 4) is 23.1 Å². The van der Waals surface area contributed by atoms with E-state index in [1.807, 2.05) is 31.6 Å². The van der Waals surface area contributed by atoms with Crippen LogP contribution in [-0.2, 0) is 13.5 Å². The lowest BCUT2D eigenvalue weighted by molar-refractivity contribution is 0.194. The van der Waals surface area contributed by atoms with E-state index in [-0.39, 0.29) is 6.10 Å². The topological polar surface area (TPSA) is 87.8 Å². The third-order valence-electron chi connectivity index (χ3n) is 4.81. The number of nitriles is 1. The minimum atomic E-state index is -0.00400. The zero-order valence-electron chi connectivity index (χ0n) is 16.0. The normalized spacial score (nSPS) is 15.1. The minimum absolute atomic E-state index is 0.00400. The zero-order valence-corrected chi connectivity index (χ0v) is 16.8. The molecule has 1 aromatic carbocycles. The first kappa shape index (κ1) is 19.2. The van der Waals surface area contributed by atoms with Crippen LogP contribution in [0.15, 0.2) is 42.9 Å². The number of halogens is 1. The molecule has 3 aromatic rings. The highest BCUT2D eigenvalue weighted by Crippen LogP contribution is 2.31. The summed E-state index contributed by atoms with van der Waals surface area (Å²) in [6.07, 6.45) is 6.37. The summed E-state index contributed by atoms with van der Waals surface area (Å²) in [4.78, 5) is 4.47. The van der Waals surface area contributed by atoms with Crippen molar-refractivity contribution in [2.24, 2.45) is 7.05 Å². The van der Waals surface area contributed by atoms with E-state index in [1.54, 1.807) is 23.0 Å². The molecule has 29 heavy (non-hydrogen) atoms. The molecule has 0 fully saturated rings. The molecule has 3 heterocycles. The van der Waals surface area contributed by atoms with Crippen molar-refractivity contribution in [3.05, 3.63) is 59.0 Å². The summed E-state index contributed by atoms with van der Waals surface area (Å²) in [5, 5.41) is 20.5. The average molecular weight is 409 g/mol. The maximum Gasteiger partial charge on any atom is 0.237 e. The Hall–Kier alpha value is -3.08. The lowest BCUT2D eigenvalue weighted by Crippen LogP contribution is -2.40. The molecule has 0 saturated carbocycles. The van der Waals surface area contributed by atoms with Crippen molar-refractivity contribution in [2.75, 3.05) is 25.0 Å².